The number of rotatable bonds is 3. The third-order valence-corrected chi connectivity index (χ3v) is 2.80. The topological polar surface area (TPSA) is 12.0 Å². The van der Waals surface area contributed by atoms with E-state index in [9.17, 15) is 8.78 Å². The van der Waals surface area contributed by atoms with E-state index in [-0.39, 0.29) is 11.6 Å². The Kier molecular flexibility index (Phi) is 3.82. The van der Waals surface area contributed by atoms with Gasteiger partial charge in [-0.25, -0.2) is 8.78 Å². The third-order valence-electron chi connectivity index (χ3n) is 2.58. The van der Waals surface area contributed by atoms with Crippen LogP contribution < -0.4 is 5.32 Å². The first-order valence-electron chi connectivity index (χ1n) is 5.49. The van der Waals surface area contributed by atoms with Crippen molar-refractivity contribution in [2.24, 2.45) is 0 Å². The molecular weight excluding hydrogens is 256 g/mol. The highest BCUT2D eigenvalue weighted by molar-refractivity contribution is 6.30. The molecule has 0 aromatic heterocycles. The Morgan fingerprint density at radius 2 is 1.89 bits per heavy atom. The van der Waals surface area contributed by atoms with Gasteiger partial charge in [0.05, 0.1) is 0 Å². The van der Waals surface area contributed by atoms with Gasteiger partial charge in [-0.3, -0.25) is 0 Å². The first kappa shape index (κ1) is 12.8. The summed E-state index contributed by atoms with van der Waals surface area (Å²) in [5.41, 5.74) is 2.09. The summed E-state index contributed by atoms with van der Waals surface area (Å²) < 4.78 is 26.2. The van der Waals surface area contributed by atoms with E-state index in [1.54, 1.807) is 25.1 Å². The van der Waals surface area contributed by atoms with Crippen molar-refractivity contribution in [3.05, 3.63) is 64.2 Å². The maximum absolute atomic E-state index is 13.1. The fourth-order valence-electron chi connectivity index (χ4n) is 1.67. The van der Waals surface area contributed by atoms with Gasteiger partial charge in [-0.2, -0.15) is 0 Å². The summed E-state index contributed by atoms with van der Waals surface area (Å²) in [6, 6.07) is 9.10. The summed E-state index contributed by atoms with van der Waals surface area (Å²) in [6.07, 6.45) is 0. The lowest BCUT2D eigenvalue weighted by Crippen LogP contribution is -2.00. The van der Waals surface area contributed by atoms with Gasteiger partial charge in [-0.15, -0.1) is 0 Å². The van der Waals surface area contributed by atoms with Crippen LogP contribution in [0.2, 0.25) is 5.02 Å². The highest BCUT2D eigenvalue weighted by atomic mass is 35.5. The van der Waals surface area contributed by atoms with Gasteiger partial charge in [0.15, 0.2) is 0 Å². The van der Waals surface area contributed by atoms with E-state index < -0.39 is 0 Å². The number of hydrogen-bond donors (Lipinski definition) is 1. The van der Waals surface area contributed by atoms with E-state index in [1.807, 2.05) is 0 Å². The Bertz CT molecular complexity index is 549. The molecule has 0 aliphatic rings. The quantitative estimate of drug-likeness (QED) is 0.861. The molecule has 0 aliphatic carbocycles. The van der Waals surface area contributed by atoms with Crippen LogP contribution in [-0.2, 0) is 6.54 Å². The normalized spacial score (nSPS) is 10.4. The first-order valence-corrected chi connectivity index (χ1v) is 5.87. The van der Waals surface area contributed by atoms with E-state index >= 15 is 0 Å². The summed E-state index contributed by atoms with van der Waals surface area (Å²) in [5.74, 6) is -0.607. The number of halogens is 3. The molecule has 1 nitrogen and oxygen atoms in total. The molecule has 0 bridgehead atoms. The zero-order valence-corrected chi connectivity index (χ0v) is 10.6. The maximum atomic E-state index is 13.1. The molecule has 0 radical (unpaired) electrons. The number of hydrogen-bond acceptors (Lipinski definition) is 1. The molecule has 2 rings (SSSR count). The molecule has 0 atom stereocenters. The van der Waals surface area contributed by atoms with Crippen molar-refractivity contribution in [2.45, 2.75) is 13.5 Å². The van der Waals surface area contributed by atoms with Crippen LogP contribution in [0.3, 0.4) is 0 Å². The lowest BCUT2D eigenvalue weighted by Gasteiger charge is -2.08. The Hall–Kier alpha value is -1.61. The van der Waals surface area contributed by atoms with Crippen LogP contribution in [-0.4, -0.2) is 0 Å². The van der Waals surface area contributed by atoms with Gasteiger partial charge in [-0.1, -0.05) is 11.6 Å². The largest absolute Gasteiger partial charge is 0.381 e. The molecule has 0 aliphatic heterocycles. The average Bonchev–Trinajstić information content (AvgIpc) is 2.29. The molecule has 2 aromatic rings. The van der Waals surface area contributed by atoms with Crippen molar-refractivity contribution >= 4 is 17.3 Å². The minimum Gasteiger partial charge on any atom is -0.381 e. The van der Waals surface area contributed by atoms with Gasteiger partial charge in [0.1, 0.15) is 11.6 Å². The summed E-state index contributed by atoms with van der Waals surface area (Å²) in [6.45, 7) is 2.13. The predicted octanol–water partition coefficient (Wildman–Crippen LogP) is 4.54. The van der Waals surface area contributed by atoms with Crippen LogP contribution in [0.5, 0.6) is 0 Å². The zero-order valence-electron chi connectivity index (χ0n) is 9.81. The fraction of sp³-hybridized carbons (Fsp3) is 0.143. The number of anilines is 1. The highest BCUT2D eigenvalue weighted by Gasteiger charge is 2.01. The lowest BCUT2D eigenvalue weighted by atomic mass is 10.2. The van der Waals surface area contributed by atoms with E-state index in [4.69, 9.17) is 11.6 Å². The van der Waals surface area contributed by atoms with E-state index in [0.29, 0.717) is 17.1 Å². The van der Waals surface area contributed by atoms with Crippen LogP contribution in [0.1, 0.15) is 11.1 Å². The van der Waals surface area contributed by atoms with Crippen molar-refractivity contribution in [3.63, 3.8) is 0 Å². The van der Waals surface area contributed by atoms with Gasteiger partial charge in [0.2, 0.25) is 0 Å². The third kappa shape index (κ3) is 3.20. The first-order chi connectivity index (χ1) is 8.54. The molecule has 18 heavy (non-hydrogen) atoms. The summed E-state index contributed by atoms with van der Waals surface area (Å²) in [7, 11) is 0. The molecule has 4 heteroatoms. The van der Waals surface area contributed by atoms with Gasteiger partial charge in [0.25, 0.3) is 0 Å². The molecule has 1 N–H and O–H groups in total. The molecule has 0 heterocycles. The van der Waals surface area contributed by atoms with Crippen LogP contribution in [0, 0.1) is 18.6 Å². The monoisotopic (exact) mass is 267 g/mol. The minimum absolute atomic E-state index is 0.241. The number of benzene rings is 2. The number of aryl methyl sites for hydroxylation is 1. The second-order valence-corrected chi connectivity index (χ2v) is 4.53. The smallest absolute Gasteiger partial charge is 0.126 e. The summed E-state index contributed by atoms with van der Waals surface area (Å²) in [4.78, 5) is 0. The van der Waals surface area contributed by atoms with Gasteiger partial charge >= 0.3 is 0 Å². The average molecular weight is 268 g/mol. The lowest BCUT2D eigenvalue weighted by molar-refractivity contribution is 0.618. The van der Waals surface area contributed by atoms with Crippen molar-refractivity contribution in [1.29, 1.82) is 0 Å². The molecule has 2 aromatic carbocycles. The van der Waals surface area contributed by atoms with Crippen LogP contribution in [0.15, 0.2) is 36.4 Å². The molecule has 0 amide bonds. The number of nitrogens with one attached hydrogen (secondary N) is 1. The molecule has 0 spiro atoms. The molecule has 0 saturated carbocycles. The second-order valence-electron chi connectivity index (χ2n) is 4.10. The minimum atomic E-state index is -0.366. The molecule has 94 valence electrons. The highest BCUT2D eigenvalue weighted by Crippen LogP contribution is 2.17. The Labute approximate surface area is 109 Å². The predicted molar refractivity (Wildman–Crippen MR) is 69.9 cm³/mol. The fourth-order valence-corrected chi connectivity index (χ4v) is 1.92. The van der Waals surface area contributed by atoms with Crippen molar-refractivity contribution < 1.29 is 8.78 Å². The summed E-state index contributed by atoms with van der Waals surface area (Å²) in [5, 5.41) is 3.45. The van der Waals surface area contributed by atoms with E-state index in [1.165, 1.54) is 18.2 Å². The van der Waals surface area contributed by atoms with Crippen LogP contribution >= 0.6 is 11.6 Å². The Morgan fingerprint density at radius 1 is 1.11 bits per heavy atom. The second kappa shape index (κ2) is 5.36. The Balaban J connectivity index is 2.08. The standard InChI is InChI=1S/C14H12ClF2N/c1-9-4-13(2-3-14(9)17)18-8-10-5-11(15)7-12(16)6-10/h2-7,18H,8H2,1H3. The molecule has 0 unspecified atom stereocenters. The van der Waals surface area contributed by atoms with Crippen LogP contribution in [0.25, 0.3) is 0 Å². The zero-order chi connectivity index (χ0) is 13.1. The van der Waals surface area contributed by atoms with Gasteiger partial charge in [-0.05, 0) is 54.4 Å². The van der Waals surface area contributed by atoms with Gasteiger partial charge in [0, 0.05) is 17.3 Å². The van der Waals surface area contributed by atoms with Gasteiger partial charge < -0.3 is 5.32 Å². The van der Waals surface area contributed by atoms with Crippen molar-refractivity contribution in [1.82, 2.24) is 0 Å². The maximum Gasteiger partial charge on any atom is 0.126 e. The van der Waals surface area contributed by atoms with E-state index in [0.717, 1.165) is 11.3 Å². The van der Waals surface area contributed by atoms with Crippen molar-refractivity contribution in [3.8, 4) is 0 Å². The van der Waals surface area contributed by atoms with Crippen molar-refractivity contribution in [2.75, 3.05) is 5.32 Å². The SMILES string of the molecule is Cc1cc(NCc2cc(F)cc(Cl)c2)ccc1F. The molecule has 0 saturated heterocycles. The van der Waals surface area contributed by atoms with E-state index in [2.05, 4.69) is 5.32 Å². The molecule has 0 fully saturated rings. The summed E-state index contributed by atoms with van der Waals surface area (Å²) >= 11 is 5.76. The Morgan fingerprint density at radius 3 is 2.56 bits per heavy atom. The molecular formula is C14H12ClF2N. The van der Waals surface area contributed by atoms with Crippen LogP contribution in [0.4, 0.5) is 14.5 Å².